The first kappa shape index (κ1) is 13.7. The third kappa shape index (κ3) is 3.55. The second-order valence-electron chi connectivity index (χ2n) is 5.14. The van der Waals surface area contributed by atoms with Crippen LogP contribution in [-0.4, -0.2) is 12.5 Å². The van der Waals surface area contributed by atoms with E-state index in [-0.39, 0.29) is 16.9 Å². The molecule has 94 valence electrons. The van der Waals surface area contributed by atoms with E-state index in [1.165, 1.54) is 6.07 Å². The van der Waals surface area contributed by atoms with Crippen molar-refractivity contribution in [2.24, 2.45) is 5.41 Å². The molecule has 0 spiro atoms. The van der Waals surface area contributed by atoms with E-state index in [2.05, 4.69) is 26.1 Å². The van der Waals surface area contributed by atoms with Gasteiger partial charge in [-0.1, -0.05) is 32.9 Å². The average Bonchev–Trinajstić information content (AvgIpc) is 2.30. The zero-order valence-electron chi connectivity index (χ0n) is 10.9. The first-order chi connectivity index (χ1) is 7.87. The number of halogens is 1. The molecule has 0 unspecified atom stereocenters. The standard InChI is InChI=1S/C14H20FNO/c1-5-14(3,4)9-16-13(17)11-8-6-7-10(2)12(11)15/h6-8H,5,9H2,1-4H3,(H,16,17). The van der Waals surface area contributed by atoms with E-state index >= 15 is 0 Å². The number of rotatable bonds is 4. The van der Waals surface area contributed by atoms with E-state index in [9.17, 15) is 9.18 Å². The molecular formula is C14H20FNO. The fraction of sp³-hybridized carbons (Fsp3) is 0.500. The predicted molar refractivity (Wildman–Crippen MR) is 67.5 cm³/mol. The summed E-state index contributed by atoms with van der Waals surface area (Å²) in [5, 5.41) is 2.78. The molecule has 1 rings (SSSR count). The number of nitrogens with one attached hydrogen (secondary N) is 1. The van der Waals surface area contributed by atoms with Crippen LogP contribution in [0.1, 0.15) is 43.1 Å². The molecule has 0 saturated heterocycles. The fourth-order valence-corrected chi connectivity index (χ4v) is 1.36. The molecule has 0 aliphatic carbocycles. The Morgan fingerprint density at radius 1 is 1.41 bits per heavy atom. The molecule has 0 aliphatic heterocycles. The molecule has 0 radical (unpaired) electrons. The second kappa shape index (κ2) is 5.30. The molecule has 3 heteroatoms. The van der Waals surface area contributed by atoms with E-state index in [0.717, 1.165) is 6.42 Å². The van der Waals surface area contributed by atoms with Gasteiger partial charge in [0.1, 0.15) is 5.82 Å². The summed E-state index contributed by atoms with van der Waals surface area (Å²) in [4.78, 5) is 11.8. The summed E-state index contributed by atoms with van der Waals surface area (Å²) in [6, 6.07) is 4.86. The highest BCUT2D eigenvalue weighted by molar-refractivity contribution is 5.94. The molecule has 17 heavy (non-hydrogen) atoms. The zero-order valence-corrected chi connectivity index (χ0v) is 10.9. The van der Waals surface area contributed by atoms with Crippen molar-refractivity contribution in [1.29, 1.82) is 0 Å². The smallest absolute Gasteiger partial charge is 0.254 e. The van der Waals surface area contributed by atoms with Crippen LogP contribution in [0.25, 0.3) is 0 Å². The SMILES string of the molecule is CCC(C)(C)CNC(=O)c1cccc(C)c1F. The molecule has 1 aromatic carbocycles. The maximum absolute atomic E-state index is 13.7. The van der Waals surface area contributed by atoms with Crippen LogP contribution in [0, 0.1) is 18.2 Å². The Balaban J connectivity index is 2.74. The molecule has 2 nitrogen and oxygen atoms in total. The summed E-state index contributed by atoms with van der Waals surface area (Å²) >= 11 is 0. The summed E-state index contributed by atoms with van der Waals surface area (Å²) in [5.41, 5.74) is 0.653. The van der Waals surface area contributed by atoms with E-state index < -0.39 is 5.82 Å². The van der Waals surface area contributed by atoms with E-state index in [1.54, 1.807) is 19.1 Å². The second-order valence-corrected chi connectivity index (χ2v) is 5.14. The minimum Gasteiger partial charge on any atom is -0.351 e. The molecular weight excluding hydrogens is 217 g/mol. The summed E-state index contributed by atoms with van der Waals surface area (Å²) in [6.07, 6.45) is 0.962. The van der Waals surface area contributed by atoms with Gasteiger partial charge in [-0.3, -0.25) is 4.79 Å². The van der Waals surface area contributed by atoms with Crippen molar-refractivity contribution in [2.75, 3.05) is 6.54 Å². The van der Waals surface area contributed by atoms with Crippen molar-refractivity contribution < 1.29 is 9.18 Å². The van der Waals surface area contributed by atoms with Crippen molar-refractivity contribution in [3.63, 3.8) is 0 Å². The Morgan fingerprint density at radius 3 is 2.65 bits per heavy atom. The molecule has 0 fully saturated rings. The first-order valence-electron chi connectivity index (χ1n) is 5.90. The Labute approximate surface area is 102 Å². The number of benzene rings is 1. The van der Waals surface area contributed by atoms with Gasteiger partial charge in [0, 0.05) is 6.54 Å². The van der Waals surface area contributed by atoms with Crippen LogP contribution in [0.4, 0.5) is 4.39 Å². The summed E-state index contributed by atoms with van der Waals surface area (Å²) in [6.45, 7) is 8.41. The topological polar surface area (TPSA) is 29.1 Å². The number of carbonyl (C=O) groups is 1. The molecule has 0 aromatic heterocycles. The summed E-state index contributed by atoms with van der Waals surface area (Å²) < 4.78 is 13.7. The highest BCUT2D eigenvalue weighted by Gasteiger charge is 2.18. The van der Waals surface area contributed by atoms with Crippen LogP contribution in [0.3, 0.4) is 0 Å². The maximum Gasteiger partial charge on any atom is 0.254 e. The lowest BCUT2D eigenvalue weighted by molar-refractivity contribution is 0.0931. The van der Waals surface area contributed by atoms with Crippen LogP contribution < -0.4 is 5.32 Å². The van der Waals surface area contributed by atoms with Crippen LogP contribution in [0.15, 0.2) is 18.2 Å². The highest BCUT2D eigenvalue weighted by Crippen LogP contribution is 2.18. The molecule has 0 heterocycles. The van der Waals surface area contributed by atoms with Crippen molar-refractivity contribution in [1.82, 2.24) is 5.32 Å². The summed E-state index contributed by atoms with van der Waals surface area (Å²) in [7, 11) is 0. The fourth-order valence-electron chi connectivity index (χ4n) is 1.36. The van der Waals surface area contributed by atoms with Gasteiger partial charge in [-0.25, -0.2) is 4.39 Å². The number of hydrogen-bond acceptors (Lipinski definition) is 1. The normalized spacial score (nSPS) is 11.4. The zero-order chi connectivity index (χ0) is 13.1. The van der Waals surface area contributed by atoms with Crippen molar-refractivity contribution in [3.8, 4) is 0 Å². The Hall–Kier alpha value is -1.38. The average molecular weight is 237 g/mol. The van der Waals surface area contributed by atoms with Gasteiger partial charge in [0.05, 0.1) is 5.56 Å². The molecule has 0 aliphatic rings. The molecule has 0 saturated carbocycles. The van der Waals surface area contributed by atoms with Crippen LogP contribution in [-0.2, 0) is 0 Å². The van der Waals surface area contributed by atoms with Gasteiger partial charge in [0.15, 0.2) is 0 Å². The van der Waals surface area contributed by atoms with Gasteiger partial charge in [-0.2, -0.15) is 0 Å². The van der Waals surface area contributed by atoms with Crippen molar-refractivity contribution in [2.45, 2.75) is 34.1 Å². The van der Waals surface area contributed by atoms with Crippen molar-refractivity contribution in [3.05, 3.63) is 35.1 Å². The summed E-state index contributed by atoms with van der Waals surface area (Å²) in [5.74, 6) is -0.771. The highest BCUT2D eigenvalue weighted by atomic mass is 19.1. The van der Waals surface area contributed by atoms with E-state index in [1.807, 2.05) is 0 Å². The Morgan fingerprint density at radius 2 is 2.06 bits per heavy atom. The van der Waals surface area contributed by atoms with Gasteiger partial charge in [-0.15, -0.1) is 0 Å². The van der Waals surface area contributed by atoms with Gasteiger partial charge >= 0.3 is 0 Å². The minimum atomic E-state index is -0.431. The molecule has 1 aromatic rings. The number of aryl methyl sites for hydroxylation is 1. The van der Waals surface area contributed by atoms with Crippen LogP contribution in [0.2, 0.25) is 0 Å². The van der Waals surface area contributed by atoms with Gasteiger partial charge < -0.3 is 5.32 Å². The lowest BCUT2D eigenvalue weighted by Gasteiger charge is -2.22. The van der Waals surface area contributed by atoms with E-state index in [4.69, 9.17) is 0 Å². The predicted octanol–water partition coefficient (Wildman–Crippen LogP) is 3.30. The monoisotopic (exact) mass is 237 g/mol. The maximum atomic E-state index is 13.7. The minimum absolute atomic E-state index is 0.0377. The third-order valence-corrected chi connectivity index (χ3v) is 3.12. The molecule has 0 atom stereocenters. The quantitative estimate of drug-likeness (QED) is 0.855. The van der Waals surface area contributed by atoms with Crippen molar-refractivity contribution >= 4 is 5.91 Å². The number of amides is 1. The molecule has 0 bridgehead atoms. The third-order valence-electron chi connectivity index (χ3n) is 3.12. The van der Waals surface area contributed by atoms with Gasteiger partial charge in [-0.05, 0) is 30.4 Å². The number of hydrogen-bond donors (Lipinski definition) is 1. The van der Waals surface area contributed by atoms with Crippen LogP contribution in [0.5, 0.6) is 0 Å². The van der Waals surface area contributed by atoms with Gasteiger partial charge in [0.2, 0.25) is 0 Å². The molecule has 1 amide bonds. The first-order valence-corrected chi connectivity index (χ1v) is 5.90. The van der Waals surface area contributed by atoms with Gasteiger partial charge in [0.25, 0.3) is 5.91 Å². The van der Waals surface area contributed by atoms with Crippen LogP contribution >= 0.6 is 0 Å². The molecule has 1 N–H and O–H groups in total. The Bertz CT molecular complexity index is 413. The van der Waals surface area contributed by atoms with E-state index in [0.29, 0.717) is 12.1 Å². The lowest BCUT2D eigenvalue weighted by atomic mass is 9.90. The Kier molecular flexibility index (Phi) is 4.27. The largest absolute Gasteiger partial charge is 0.351 e. The lowest BCUT2D eigenvalue weighted by Crippen LogP contribution is -2.34. The number of carbonyl (C=O) groups excluding carboxylic acids is 1.